The molecule has 2 unspecified atom stereocenters. The highest BCUT2D eigenvalue weighted by molar-refractivity contribution is 7.49. The molecule has 0 saturated heterocycles. The van der Waals surface area contributed by atoms with E-state index in [1.807, 2.05) is 24.3 Å². The molecule has 0 heterocycles. The second-order valence-electron chi connectivity index (χ2n) is 6.01. The Bertz CT molecular complexity index is 727. The molecule has 2 atom stereocenters. The van der Waals surface area contributed by atoms with Gasteiger partial charge in [0.25, 0.3) is 0 Å². The van der Waals surface area contributed by atoms with Crippen LogP contribution >= 0.6 is 8.58 Å². The minimum absolute atomic E-state index is 0.135. The number of methoxy groups -OCH3 is 2. The number of carbonyl (C=O) groups excluding carboxylic acids is 1. The van der Waals surface area contributed by atoms with Gasteiger partial charge in [-0.2, -0.15) is 0 Å². The monoisotopic (exact) mass is 344 g/mol. The topological polar surface area (TPSA) is 35.5 Å². The third kappa shape index (κ3) is 3.47. The number of carbonyl (C=O) groups is 1. The number of aldehydes is 1. The van der Waals surface area contributed by atoms with Gasteiger partial charge >= 0.3 is 0 Å². The van der Waals surface area contributed by atoms with Crippen molar-refractivity contribution in [3.05, 3.63) is 53.1 Å². The van der Waals surface area contributed by atoms with E-state index in [1.165, 1.54) is 0 Å². The lowest BCUT2D eigenvalue weighted by molar-refractivity contribution is 0.112. The zero-order chi connectivity index (χ0) is 17.7. The molecule has 3 nitrogen and oxygen atoms in total. The number of rotatable bonds is 7. The van der Waals surface area contributed by atoms with Crippen LogP contribution in [0, 0.1) is 6.92 Å². The van der Waals surface area contributed by atoms with Crippen LogP contribution in [0.25, 0.3) is 0 Å². The van der Waals surface area contributed by atoms with E-state index in [0.29, 0.717) is 8.58 Å². The summed E-state index contributed by atoms with van der Waals surface area (Å²) >= 11 is 0. The SMILES string of the molecule is CCC(C)(Pc1c(C)cccc1C=O)c1cccc(OC)c1OC. The summed E-state index contributed by atoms with van der Waals surface area (Å²) < 4.78 is 11.1. The second-order valence-corrected chi connectivity index (χ2v) is 7.86. The first kappa shape index (κ1) is 18.5. The lowest BCUT2D eigenvalue weighted by Gasteiger charge is -2.32. The molecule has 2 aromatic carbocycles. The Hall–Kier alpha value is -1.86. The third-order valence-electron chi connectivity index (χ3n) is 4.54. The molecule has 0 bridgehead atoms. The number of hydrogen-bond donors (Lipinski definition) is 0. The van der Waals surface area contributed by atoms with Crippen LogP contribution in [0.3, 0.4) is 0 Å². The molecule has 0 aromatic heterocycles. The van der Waals surface area contributed by atoms with E-state index in [2.05, 4.69) is 32.9 Å². The quantitative estimate of drug-likeness (QED) is 0.550. The van der Waals surface area contributed by atoms with Crippen molar-refractivity contribution in [3.8, 4) is 11.5 Å². The standard InChI is InChI=1S/C20H25O3P/c1-6-20(3,16-11-8-12-17(22-4)18(16)23-5)24-19-14(2)9-7-10-15(19)13-21/h7-13,24H,6H2,1-5H3. The van der Waals surface area contributed by atoms with Gasteiger partial charge in [-0.05, 0) is 30.3 Å². The lowest BCUT2D eigenvalue weighted by atomic mass is 9.96. The molecule has 0 saturated carbocycles. The van der Waals surface area contributed by atoms with Crippen LogP contribution in [-0.4, -0.2) is 20.5 Å². The first-order valence-electron chi connectivity index (χ1n) is 8.05. The van der Waals surface area contributed by atoms with Crippen LogP contribution in [0.1, 0.15) is 41.8 Å². The van der Waals surface area contributed by atoms with Gasteiger partial charge in [-0.3, -0.25) is 4.79 Å². The summed E-state index contributed by atoms with van der Waals surface area (Å²) in [6.45, 7) is 6.46. The molecule has 0 N–H and O–H groups in total. The highest BCUT2D eigenvalue weighted by Crippen LogP contribution is 2.50. The van der Waals surface area contributed by atoms with E-state index in [9.17, 15) is 4.79 Å². The maximum Gasteiger partial charge on any atom is 0.164 e. The predicted molar refractivity (Wildman–Crippen MR) is 102 cm³/mol. The van der Waals surface area contributed by atoms with Crippen molar-refractivity contribution in [1.82, 2.24) is 0 Å². The van der Waals surface area contributed by atoms with E-state index < -0.39 is 0 Å². The van der Waals surface area contributed by atoms with E-state index in [0.717, 1.165) is 46.2 Å². The molecular weight excluding hydrogens is 319 g/mol. The zero-order valence-electron chi connectivity index (χ0n) is 15.0. The zero-order valence-corrected chi connectivity index (χ0v) is 16.0. The normalized spacial score (nSPS) is 13.7. The van der Waals surface area contributed by atoms with E-state index >= 15 is 0 Å². The minimum atomic E-state index is -0.135. The fraction of sp³-hybridized carbons (Fsp3) is 0.350. The van der Waals surface area contributed by atoms with Gasteiger partial charge in [-0.15, -0.1) is 0 Å². The molecule has 0 amide bonds. The maximum atomic E-state index is 11.5. The molecule has 0 fully saturated rings. The number of aryl methyl sites for hydroxylation is 1. The summed E-state index contributed by atoms with van der Waals surface area (Å²) in [6, 6.07) is 11.9. The fourth-order valence-electron chi connectivity index (χ4n) is 2.90. The predicted octanol–water partition coefficient (Wildman–Crippen LogP) is 4.45. The largest absolute Gasteiger partial charge is 0.493 e. The molecule has 2 rings (SSSR count). The van der Waals surface area contributed by atoms with Gasteiger partial charge < -0.3 is 9.47 Å². The number of para-hydroxylation sites is 1. The molecule has 0 aliphatic carbocycles. The van der Waals surface area contributed by atoms with Gasteiger partial charge in [0.05, 0.1) is 14.2 Å². The van der Waals surface area contributed by atoms with Crippen molar-refractivity contribution < 1.29 is 14.3 Å². The van der Waals surface area contributed by atoms with Crippen molar-refractivity contribution in [2.24, 2.45) is 0 Å². The van der Waals surface area contributed by atoms with Crippen LogP contribution in [-0.2, 0) is 5.16 Å². The summed E-state index contributed by atoms with van der Waals surface area (Å²) in [5.41, 5.74) is 3.04. The van der Waals surface area contributed by atoms with Crippen LogP contribution in [0.15, 0.2) is 36.4 Å². The molecule has 0 spiro atoms. The number of ether oxygens (including phenoxy) is 2. The molecular formula is C20H25O3P. The van der Waals surface area contributed by atoms with Gasteiger partial charge in [0.15, 0.2) is 17.8 Å². The molecule has 24 heavy (non-hydrogen) atoms. The maximum absolute atomic E-state index is 11.5. The first-order valence-corrected chi connectivity index (χ1v) is 9.05. The van der Waals surface area contributed by atoms with E-state index in [1.54, 1.807) is 14.2 Å². The Morgan fingerprint density at radius 1 is 1.12 bits per heavy atom. The summed E-state index contributed by atoms with van der Waals surface area (Å²) in [7, 11) is 3.78. The van der Waals surface area contributed by atoms with Crippen molar-refractivity contribution in [1.29, 1.82) is 0 Å². The smallest absolute Gasteiger partial charge is 0.164 e. The van der Waals surface area contributed by atoms with Crippen LogP contribution in [0.2, 0.25) is 0 Å². The van der Waals surface area contributed by atoms with Gasteiger partial charge in [-0.1, -0.05) is 52.8 Å². The first-order chi connectivity index (χ1) is 11.5. The summed E-state index contributed by atoms with van der Waals surface area (Å²) in [4.78, 5) is 11.5. The highest BCUT2D eigenvalue weighted by atomic mass is 31.1. The number of hydrogen-bond acceptors (Lipinski definition) is 3. The molecule has 2 aromatic rings. The molecule has 128 valence electrons. The summed E-state index contributed by atoms with van der Waals surface area (Å²) in [6.07, 6.45) is 1.88. The van der Waals surface area contributed by atoms with Gasteiger partial charge in [0, 0.05) is 16.3 Å². The van der Waals surface area contributed by atoms with E-state index in [4.69, 9.17) is 9.47 Å². The second kappa shape index (κ2) is 7.81. The van der Waals surface area contributed by atoms with Gasteiger partial charge in [0.1, 0.15) is 0 Å². The summed E-state index contributed by atoms with van der Waals surface area (Å²) in [5.74, 6) is 1.51. The van der Waals surface area contributed by atoms with Crippen molar-refractivity contribution in [2.45, 2.75) is 32.3 Å². The fourth-order valence-corrected chi connectivity index (χ4v) is 4.53. The van der Waals surface area contributed by atoms with Crippen molar-refractivity contribution in [2.75, 3.05) is 14.2 Å². The Labute approximate surface area is 146 Å². The molecule has 0 aliphatic heterocycles. The van der Waals surface area contributed by atoms with E-state index in [-0.39, 0.29) is 5.16 Å². The molecule has 0 aliphatic rings. The average molecular weight is 344 g/mol. The Morgan fingerprint density at radius 2 is 1.83 bits per heavy atom. The Balaban J connectivity index is 2.57. The van der Waals surface area contributed by atoms with Gasteiger partial charge in [-0.25, -0.2) is 0 Å². The Morgan fingerprint density at radius 3 is 2.42 bits per heavy atom. The lowest BCUT2D eigenvalue weighted by Crippen LogP contribution is -2.22. The minimum Gasteiger partial charge on any atom is -0.493 e. The summed E-state index contributed by atoms with van der Waals surface area (Å²) in [5, 5.41) is 0.991. The number of benzene rings is 2. The molecule has 4 heteroatoms. The van der Waals surface area contributed by atoms with Gasteiger partial charge in [0.2, 0.25) is 0 Å². The Kier molecular flexibility index (Phi) is 6.01. The van der Waals surface area contributed by atoms with Crippen molar-refractivity contribution >= 4 is 20.2 Å². The third-order valence-corrected chi connectivity index (χ3v) is 6.65. The van der Waals surface area contributed by atoms with Crippen LogP contribution < -0.4 is 14.8 Å². The van der Waals surface area contributed by atoms with Crippen LogP contribution in [0.4, 0.5) is 0 Å². The van der Waals surface area contributed by atoms with Crippen molar-refractivity contribution in [3.63, 3.8) is 0 Å². The average Bonchev–Trinajstić information content (AvgIpc) is 2.62. The highest BCUT2D eigenvalue weighted by Gasteiger charge is 2.31. The molecule has 0 radical (unpaired) electrons. The van der Waals surface area contributed by atoms with Crippen LogP contribution in [0.5, 0.6) is 11.5 Å².